The van der Waals surface area contributed by atoms with Gasteiger partial charge < -0.3 is 14.9 Å². The molecule has 1 aromatic rings. The van der Waals surface area contributed by atoms with E-state index < -0.39 is 46.3 Å². The fraction of sp³-hybridized carbons (Fsp3) is 0.400. The summed E-state index contributed by atoms with van der Waals surface area (Å²) in [5, 5.41) is 17.7. The first-order valence-electron chi connectivity index (χ1n) is 5.39. The number of sulfonamides is 1. The van der Waals surface area contributed by atoms with Crippen molar-refractivity contribution in [1.29, 1.82) is 0 Å². The standard InChI is InChI=1S/C10H11BrF3NO5S/c11-6-1-2-9(8(3-6)20-10(12,13)14)21(18,19)15-4-7(17)5-16/h1-3,7,15-17H,4-5H2. The van der Waals surface area contributed by atoms with E-state index in [0.29, 0.717) is 0 Å². The second-order valence-electron chi connectivity index (χ2n) is 3.83. The summed E-state index contributed by atoms with van der Waals surface area (Å²) < 4.78 is 66.4. The molecule has 21 heavy (non-hydrogen) atoms. The van der Waals surface area contributed by atoms with Crippen molar-refractivity contribution in [2.45, 2.75) is 17.4 Å². The second-order valence-corrected chi connectivity index (χ2v) is 6.48. The molecule has 11 heteroatoms. The lowest BCUT2D eigenvalue weighted by molar-refractivity contribution is -0.275. The summed E-state index contributed by atoms with van der Waals surface area (Å²) in [5.74, 6) is -0.914. The van der Waals surface area contributed by atoms with E-state index in [1.54, 1.807) is 0 Å². The molecule has 120 valence electrons. The first kappa shape index (κ1) is 18.2. The van der Waals surface area contributed by atoms with Crippen LogP contribution in [0.4, 0.5) is 13.2 Å². The van der Waals surface area contributed by atoms with E-state index >= 15 is 0 Å². The van der Waals surface area contributed by atoms with Gasteiger partial charge in [0.15, 0.2) is 5.75 Å². The molecule has 1 aromatic carbocycles. The largest absolute Gasteiger partial charge is 0.573 e. The highest BCUT2D eigenvalue weighted by Gasteiger charge is 2.34. The molecule has 0 amide bonds. The Morgan fingerprint density at radius 3 is 2.52 bits per heavy atom. The van der Waals surface area contributed by atoms with Gasteiger partial charge in [-0.15, -0.1) is 13.2 Å². The van der Waals surface area contributed by atoms with Gasteiger partial charge >= 0.3 is 6.36 Å². The summed E-state index contributed by atoms with van der Waals surface area (Å²) in [6, 6.07) is 2.99. The minimum Gasteiger partial charge on any atom is -0.404 e. The third-order valence-electron chi connectivity index (χ3n) is 2.14. The van der Waals surface area contributed by atoms with Gasteiger partial charge in [-0.3, -0.25) is 0 Å². The van der Waals surface area contributed by atoms with Crippen LogP contribution in [0.25, 0.3) is 0 Å². The van der Waals surface area contributed by atoms with Gasteiger partial charge in [0.2, 0.25) is 10.0 Å². The molecular formula is C10H11BrF3NO5S. The highest BCUT2D eigenvalue weighted by Crippen LogP contribution is 2.32. The van der Waals surface area contributed by atoms with Crippen LogP contribution in [-0.2, 0) is 10.0 Å². The van der Waals surface area contributed by atoms with Crippen LogP contribution in [0, 0.1) is 0 Å². The summed E-state index contributed by atoms with van der Waals surface area (Å²) >= 11 is 2.91. The van der Waals surface area contributed by atoms with Gasteiger partial charge in [-0.1, -0.05) is 15.9 Å². The van der Waals surface area contributed by atoms with E-state index in [-0.39, 0.29) is 4.47 Å². The zero-order valence-corrected chi connectivity index (χ0v) is 12.7. The Balaban J connectivity index is 3.11. The average Bonchev–Trinajstić information content (AvgIpc) is 2.33. The maximum atomic E-state index is 12.3. The number of aliphatic hydroxyl groups is 2. The van der Waals surface area contributed by atoms with Crippen LogP contribution in [0.5, 0.6) is 5.75 Å². The second kappa shape index (κ2) is 6.92. The van der Waals surface area contributed by atoms with Crippen molar-refractivity contribution in [3.05, 3.63) is 22.7 Å². The summed E-state index contributed by atoms with van der Waals surface area (Å²) in [5.41, 5.74) is 0. The number of hydrogen-bond donors (Lipinski definition) is 3. The van der Waals surface area contributed by atoms with Gasteiger partial charge in [0.25, 0.3) is 0 Å². The zero-order valence-electron chi connectivity index (χ0n) is 10.3. The number of ether oxygens (including phenoxy) is 1. The van der Waals surface area contributed by atoms with Crippen molar-refractivity contribution < 1.29 is 36.5 Å². The molecule has 1 unspecified atom stereocenters. The van der Waals surface area contributed by atoms with E-state index in [2.05, 4.69) is 20.7 Å². The Hall–Kier alpha value is -0.880. The predicted octanol–water partition coefficient (Wildman–Crippen LogP) is 0.979. The van der Waals surface area contributed by atoms with Crippen molar-refractivity contribution in [2.24, 2.45) is 0 Å². The first-order valence-corrected chi connectivity index (χ1v) is 7.66. The predicted molar refractivity (Wildman–Crippen MR) is 69.1 cm³/mol. The van der Waals surface area contributed by atoms with Gasteiger partial charge in [-0.05, 0) is 18.2 Å². The summed E-state index contributed by atoms with van der Waals surface area (Å²) in [4.78, 5) is -0.742. The lowest BCUT2D eigenvalue weighted by atomic mass is 10.3. The van der Waals surface area contributed by atoms with E-state index in [0.717, 1.165) is 12.1 Å². The fourth-order valence-corrected chi connectivity index (χ4v) is 2.78. The van der Waals surface area contributed by atoms with Crippen molar-refractivity contribution >= 4 is 26.0 Å². The van der Waals surface area contributed by atoms with E-state index in [1.807, 2.05) is 4.72 Å². The van der Waals surface area contributed by atoms with Crippen LogP contribution in [0.2, 0.25) is 0 Å². The number of alkyl halides is 3. The molecule has 0 aliphatic heterocycles. The highest BCUT2D eigenvalue weighted by atomic mass is 79.9. The van der Waals surface area contributed by atoms with Gasteiger partial charge in [0, 0.05) is 11.0 Å². The van der Waals surface area contributed by atoms with E-state index in [4.69, 9.17) is 10.2 Å². The van der Waals surface area contributed by atoms with Crippen LogP contribution >= 0.6 is 15.9 Å². The Labute approximate surface area is 126 Å². The van der Waals surface area contributed by atoms with Crippen molar-refractivity contribution in [3.8, 4) is 5.75 Å². The molecule has 0 saturated carbocycles. The highest BCUT2D eigenvalue weighted by molar-refractivity contribution is 9.10. The maximum absolute atomic E-state index is 12.3. The smallest absolute Gasteiger partial charge is 0.404 e. The quantitative estimate of drug-likeness (QED) is 0.669. The maximum Gasteiger partial charge on any atom is 0.573 e. The molecule has 6 nitrogen and oxygen atoms in total. The van der Waals surface area contributed by atoms with E-state index in [1.165, 1.54) is 6.07 Å². The zero-order chi connectivity index (χ0) is 16.3. The molecular weight excluding hydrogens is 383 g/mol. The molecule has 0 aromatic heterocycles. The molecule has 1 atom stereocenters. The van der Waals surface area contributed by atoms with Crippen molar-refractivity contribution in [2.75, 3.05) is 13.2 Å². The number of benzene rings is 1. The van der Waals surface area contributed by atoms with Crippen LogP contribution in [0.1, 0.15) is 0 Å². The van der Waals surface area contributed by atoms with Gasteiger partial charge in [0.05, 0.1) is 12.7 Å². The Bertz CT molecular complexity index is 593. The normalized spacial score (nSPS) is 14.0. The molecule has 1 rings (SSSR count). The number of nitrogens with one attached hydrogen (secondary N) is 1. The third-order valence-corrected chi connectivity index (χ3v) is 4.10. The lowest BCUT2D eigenvalue weighted by Crippen LogP contribution is -2.34. The molecule has 3 N–H and O–H groups in total. The lowest BCUT2D eigenvalue weighted by Gasteiger charge is -2.15. The van der Waals surface area contributed by atoms with Crippen molar-refractivity contribution in [3.63, 3.8) is 0 Å². The molecule has 0 aliphatic carbocycles. The molecule has 0 fully saturated rings. The van der Waals surface area contributed by atoms with Crippen LogP contribution in [0.15, 0.2) is 27.6 Å². The number of halogens is 4. The number of rotatable bonds is 6. The molecule has 0 spiro atoms. The topological polar surface area (TPSA) is 95.9 Å². The monoisotopic (exact) mass is 393 g/mol. The Morgan fingerprint density at radius 2 is 2.00 bits per heavy atom. The average molecular weight is 394 g/mol. The molecule has 0 bridgehead atoms. The molecule has 0 saturated heterocycles. The minimum atomic E-state index is -5.06. The summed E-state index contributed by atoms with van der Waals surface area (Å²) in [6.45, 7) is -1.25. The third kappa shape index (κ3) is 5.79. The van der Waals surface area contributed by atoms with E-state index in [9.17, 15) is 21.6 Å². The fourth-order valence-electron chi connectivity index (χ4n) is 1.26. The number of hydrogen-bond acceptors (Lipinski definition) is 5. The van der Waals surface area contributed by atoms with Gasteiger partial charge in [0.1, 0.15) is 4.90 Å². The Morgan fingerprint density at radius 1 is 1.38 bits per heavy atom. The molecule has 0 aliphatic rings. The van der Waals surface area contributed by atoms with Gasteiger partial charge in [-0.25, -0.2) is 13.1 Å². The van der Waals surface area contributed by atoms with Gasteiger partial charge in [-0.2, -0.15) is 0 Å². The molecule has 0 heterocycles. The summed E-state index contributed by atoms with van der Waals surface area (Å²) in [7, 11) is -4.35. The van der Waals surface area contributed by atoms with Crippen LogP contribution < -0.4 is 9.46 Å². The van der Waals surface area contributed by atoms with Crippen molar-refractivity contribution in [1.82, 2.24) is 4.72 Å². The first-order chi connectivity index (χ1) is 9.55. The minimum absolute atomic E-state index is 0.191. The number of aliphatic hydroxyl groups excluding tert-OH is 2. The van der Waals surface area contributed by atoms with Crippen LogP contribution in [-0.4, -0.2) is 44.2 Å². The Kier molecular flexibility index (Phi) is 5.99. The SMILES string of the molecule is O=S(=O)(NCC(O)CO)c1ccc(Br)cc1OC(F)(F)F. The van der Waals surface area contributed by atoms with Crippen LogP contribution in [0.3, 0.4) is 0 Å². The summed E-state index contributed by atoms with van der Waals surface area (Å²) in [6.07, 6.45) is -6.43. The molecule has 0 radical (unpaired) electrons.